The minimum atomic E-state index is -0.450. The van der Waals surface area contributed by atoms with E-state index in [4.69, 9.17) is 16.3 Å². The minimum Gasteiger partial charge on any atom is -0.508 e. The molecule has 2 unspecified atom stereocenters. The summed E-state index contributed by atoms with van der Waals surface area (Å²) in [7, 11) is 0. The van der Waals surface area contributed by atoms with Gasteiger partial charge in [-0.3, -0.25) is 4.79 Å². The second kappa shape index (κ2) is 7.95. The molecule has 2 aromatic rings. The van der Waals surface area contributed by atoms with Gasteiger partial charge in [0, 0.05) is 10.6 Å². The maximum Gasteiger partial charge on any atom is 0.243 e. The maximum atomic E-state index is 12.6. The Morgan fingerprint density at radius 1 is 1.35 bits per heavy atom. The van der Waals surface area contributed by atoms with Gasteiger partial charge in [-0.05, 0) is 50.1 Å². The summed E-state index contributed by atoms with van der Waals surface area (Å²) in [5.74, 6) is 0.618. The molecule has 1 aliphatic heterocycles. The van der Waals surface area contributed by atoms with Gasteiger partial charge >= 0.3 is 0 Å². The standard InChI is InChI=1S/C19H22ClN3O3/c1-3-26-18-7-5-4-6-14(18)21-19(25)16-10-15(22-23-16)12-9-13(20)11(2)8-17(12)24/h4-9,15-16,22-24H,3,10H2,1-2H3,(H,21,25). The smallest absolute Gasteiger partial charge is 0.243 e. The van der Waals surface area contributed by atoms with Gasteiger partial charge in [0.1, 0.15) is 17.5 Å². The Morgan fingerprint density at radius 2 is 2.12 bits per heavy atom. The van der Waals surface area contributed by atoms with Gasteiger partial charge in [0.15, 0.2) is 0 Å². The number of phenolic OH excluding ortho intramolecular Hbond substituents is 1. The van der Waals surface area contributed by atoms with E-state index in [0.717, 1.165) is 5.56 Å². The van der Waals surface area contributed by atoms with E-state index in [-0.39, 0.29) is 17.7 Å². The normalized spacial score (nSPS) is 19.3. The first kappa shape index (κ1) is 18.5. The van der Waals surface area contributed by atoms with E-state index in [1.54, 1.807) is 18.2 Å². The molecule has 138 valence electrons. The maximum absolute atomic E-state index is 12.6. The average Bonchev–Trinajstić information content (AvgIpc) is 3.10. The Morgan fingerprint density at radius 3 is 2.88 bits per heavy atom. The summed E-state index contributed by atoms with van der Waals surface area (Å²) in [5.41, 5.74) is 8.14. The molecule has 0 bridgehead atoms. The number of anilines is 1. The van der Waals surface area contributed by atoms with E-state index >= 15 is 0 Å². The number of para-hydroxylation sites is 2. The monoisotopic (exact) mass is 375 g/mol. The number of amides is 1. The lowest BCUT2D eigenvalue weighted by Gasteiger charge is -2.14. The van der Waals surface area contributed by atoms with Crippen LogP contribution in [0.4, 0.5) is 5.69 Å². The average molecular weight is 376 g/mol. The Kier molecular flexibility index (Phi) is 5.66. The van der Waals surface area contributed by atoms with E-state index < -0.39 is 6.04 Å². The van der Waals surface area contributed by atoms with E-state index in [0.29, 0.717) is 35.1 Å². The Hall–Kier alpha value is -2.28. The number of aromatic hydroxyl groups is 1. The van der Waals surface area contributed by atoms with Crippen molar-refractivity contribution in [2.75, 3.05) is 11.9 Å². The summed E-state index contributed by atoms with van der Waals surface area (Å²) in [5, 5.41) is 13.7. The molecule has 4 N–H and O–H groups in total. The molecule has 0 radical (unpaired) electrons. The number of nitrogens with one attached hydrogen (secondary N) is 3. The summed E-state index contributed by atoms with van der Waals surface area (Å²) < 4.78 is 5.53. The van der Waals surface area contributed by atoms with Crippen LogP contribution in [0.2, 0.25) is 5.02 Å². The highest BCUT2D eigenvalue weighted by molar-refractivity contribution is 6.31. The predicted octanol–water partition coefficient (Wildman–Crippen LogP) is 3.30. The third-order valence-electron chi connectivity index (χ3n) is 4.35. The van der Waals surface area contributed by atoms with E-state index in [1.165, 1.54) is 0 Å². The highest BCUT2D eigenvalue weighted by Crippen LogP contribution is 2.34. The lowest BCUT2D eigenvalue weighted by molar-refractivity contribution is -0.117. The van der Waals surface area contributed by atoms with Crippen molar-refractivity contribution in [3.05, 3.63) is 52.5 Å². The van der Waals surface area contributed by atoms with Gasteiger partial charge in [0.05, 0.1) is 18.3 Å². The number of carbonyl (C=O) groups is 1. The Labute approximate surface area is 157 Å². The molecule has 3 rings (SSSR count). The lowest BCUT2D eigenvalue weighted by Crippen LogP contribution is -2.39. The zero-order valence-electron chi connectivity index (χ0n) is 14.7. The Balaban J connectivity index is 1.69. The summed E-state index contributed by atoms with van der Waals surface area (Å²) in [4.78, 5) is 12.6. The molecule has 0 aromatic heterocycles. The summed E-state index contributed by atoms with van der Waals surface area (Å²) in [6.45, 7) is 4.24. The highest BCUT2D eigenvalue weighted by Gasteiger charge is 2.32. The largest absolute Gasteiger partial charge is 0.508 e. The van der Waals surface area contributed by atoms with Crippen LogP contribution in [0.3, 0.4) is 0 Å². The quantitative estimate of drug-likeness (QED) is 0.644. The van der Waals surface area contributed by atoms with Crippen molar-refractivity contribution in [2.45, 2.75) is 32.4 Å². The number of rotatable bonds is 5. The van der Waals surface area contributed by atoms with Crippen LogP contribution in [0.25, 0.3) is 0 Å². The van der Waals surface area contributed by atoms with Crippen LogP contribution in [0.1, 0.15) is 30.5 Å². The van der Waals surface area contributed by atoms with Crippen LogP contribution in [0, 0.1) is 6.92 Å². The fraction of sp³-hybridized carbons (Fsp3) is 0.316. The van der Waals surface area contributed by atoms with E-state index in [2.05, 4.69) is 16.2 Å². The molecule has 2 aromatic carbocycles. The third-order valence-corrected chi connectivity index (χ3v) is 4.76. The van der Waals surface area contributed by atoms with Crippen LogP contribution in [0.15, 0.2) is 36.4 Å². The van der Waals surface area contributed by atoms with Crippen LogP contribution in [-0.4, -0.2) is 23.7 Å². The number of hydrogen-bond donors (Lipinski definition) is 4. The molecule has 0 aliphatic carbocycles. The highest BCUT2D eigenvalue weighted by atomic mass is 35.5. The van der Waals surface area contributed by atoms with Gasteiger partial charge < -0.3 is 15.2 Å². The first-order chi connectivity index (χ1) is 12.5. The van der Waals surface area contributed by atoms with Gasteiger partial charge in [0.2, 0.25) is 5.91 Å². The second-order valence-corrected chi connectivity index (χ2v) is 6.62. The molecule has 1 fully saturated rings. The second-order valence-electron chi connectivity index (χ2n) is 6.21. The van der Waals surface area contributed by atoms with Crippen molar-refractivity contribution in [1.82, 2.24) is 10.9 Å². The number of halogens is 1. The third kappa shape index (κ3) is 3.93. The van der Waals surface area contributed by atoms with Gasteiger partial charge in [0.25, 0.3) is 0 Å². The number of benzene rings is 2. The van der Waals surface area contributed by atoms with Crippen molar-refractivity contribution >= 4 is 23.2 Å². The first-order valence-corrected chi connectivity index (χ1v) is 8.90. The number of aryl methyl sites for hydroxylation is 1. The van der Waals surface area contributed by atoms with Crippen LogP contribution in [-0.2, 0) is 4.79 Å². The molecular formula is C19H22ClN3O3. The molecule has 1 aliphatic rings. The molecule has 0 spiro atoms. The van der Waals surface area contributed by atoms with Crippen LogP contribution in [0.5, 0.6) is 11.5 Å². The van der Waals surface area contributed by atoms with Crippen molar-refractivity contribution < 1.29 is 14.6 Å². The molecular weight excluding hydrogens is 354 g/mol. The van der Waals surface area contributed by atoms with Crippen molar-refractivity contribution in [3.8, 4) is 11.5 Å². The lowest BCUT2D eigenvalue weighted by atomic mass is 9.99. The molecule has 26 heavy (non-hydrogen) atoms. The number of hydrogen-bond acceptors (Lipinski definition) is 5. The topological polar surface area (TPSA) is 82.6 Å². The molecule has 1 saturated heterocycles. The van der Waals surface area contributed by atoms with E-state index in [1.807, 2.05) is 32.0 Å². The Bertz CT molecular complexity index is 813. The number of ether oxygens (including phenoxy) is 1. The first-order valence-electron chi connectivity index (χ1n) is 8.52. The molecule has 1 heterocycles. The van der Waals surface area contributed by atoms with Crippen LogP contribution < -0.4 is 20.9 Å². The van der Waals surface area contributed by atoms with Gasteiger partial charge in [-0.1, -0.05) is 23.7 Å². The fourth-order valence-corrected chi connectivity index (χ4v) is 3.14. The summed E-state index contributed by atoms with van der Waals surface area (Å²) in [6.07, 6.45) is 0.482. The van der Waals surface area contributed by atoms with Gasteiger partial charge in [-0.25, -0.2) is 10.9 Å². The zero-order valence-corrected chi connectivity index (χ0v) is 15.4. The fourth-order valence-electron chi connectivity index (χ4n) is 2.96. The zero-order chi connectivity index (χ0) is 18.7. The minimum absolute atomic E-state index is 0.161. The number of carbonyl (C=O) groups excluding carboxylic acids is 1. The number of phenols is 1. The predicted molar refractivity (Wildman–Crippen MR) is 102 cm³/mol. The van der Waals surface area contributed by atoms with Crippen molar-refractivity contribution in [1.29, 1.82) is 0 Å². The molecule has 7 heteroatoms. The summed E-state index contributed by atoms with van der Waals surface area (Å²) >= 11 is 6.17. The number of hydrazine groups is 1. The van der Waals surface area contributed by atoms with Crippen molar-refractivity contribution in [2.24, 2.45) is 0 Å². The molecule has 0 saturated carbocycles. The van der Waals surface area contributed by atoms with Crippen LogP contribution >= 0.6 is 11.6 Å². The van der Waals surface area contributed by atoms with Gasteiger partial charge in [-0.2, -0.15) is 0 Å². The molecule has 6 nitrogen and oxygen atoms in total. The van der Waals surface area contributed by atoms with E-state index in [9.17, 15) is 9.90 Å². The molecule has 1 amide bonds. The van der Waals surface area contributed by atoms with Crippen molar-refractivity contribution in [3.63, 3.8) is 0 Å². The SMILES string of the molecule is CCOc1ccccc1NC(=O)C1CC(c2cc(Cl)c(C)cc2O)NN1. The van der Waals surface area contributed by atoms with Gasteiger partial charge in [-0.15, -0.1) is 0 Å². The summed E-state index contributed by atoms with van der Waals surface area (Å²) in [6, 6.07) is 10.0. The molecule has 2 atom stereocenters.